The summed E-state index contributed by atoms with van der Waals surface area (Å²) < 4.78 is 17.8. The average molecular weight is 258 g/mol. The Bertz CT molecular complexity index is 990. The molecule has 19 heavy (non-hydrogen) atoms. The molecule has 2 aliphatic rings. The fourth-order valence-electron chi connectivity index (χ4n) is 1.97. The Morgan fingerprint density at radius 3 is 2.63 bits per heavy atom. The summed E-state index contributed by atoms with van der Waals surface area (Å²) in [5.41, 5.74) is 0.524. The van der Waals surface area contributed by atoms with E-state index >= 15 is 0 Å². The van der Waals surface area contributed by atoms with Crippen LogP contribution in [0.25, 0.3) is 22.6 Å². The van der Waals surface area contributed by atoms with Gasteiger partial charge in [-0.05, 0) is 37.1 Å². The second-order valence-electron chi connectivity index (χ2n) is 4.41. The highest BCUT2D eigenvalue weighted by Crippen LogP contribution is 2.22. The SMILES string of the molecule is [2H]c1c(C)c(C)c([2H])c2c1nc1c(=O)[nH]c(=O)nc-1n2C. The van der Waals surface area contributed by atoms with E-state index in [1.807, 2.05) is 0 Å². The summed E-state index contributed by atoms with van der Waals surface area (Å²) >= 11 is 0. The van der Waals surface area contributed by atoms with Gasteiger partial charge in [-0.15, -0.1) is 0 Å². The molecule has 2 heterocycles. The van der Waals surface area contributed by atoms with Crippen LogP contribution in [0.3, 0.4) is 0 Å². The van der Waals surface area contributed by atoms with Crippen molar-refractivity contribution in [2.45, 2.75) is 13.8 Å². The molecule has 1 aromatic carbocycles. The molecule has 2 aliphatic heterocycles. The van der Waals surface area contributed by atoms with E-state index in [4.69, 9.17) is 2.74 Å². The van der Waals surface area contributed by atoms with Crippen molar-refractivity contribution in [3.63, 3.8) is 0 Å². The molecule has 3 rings (SSSR count). The zero-order valence-electron chi connectivity index (χ0n) is 12.7. The Hall–Kier alpha value is -2.50. The normalized spacial score (nSPS) is 12.8. The van der Waals surface area contributed by atoms with E-state index in [-0.39, 0.29) is 29.1 Å². The highest BCUT2D eigenvalue weighted by Gasteiger charge is 2.16. The van der Waals surface area contributed by atoms with Crippen molar-refractivity contribution < 1.29 is 2.74 Å². The van der Waals surface area contributed by atoms with Crippen LogP contribution in [0.4, 0.5) is 0 Å². The van der Waals surface area contributed by atoms with Crippen LogP contribution in [0.15, 0.2) is 21.7 Å². The molecule has 0 saturated heterocycles. The van der Waals surface area contributed by atoms with E-state index in [1.54, 1.807) is 20.9 Å². The minimum Gasteiger partial charge on any atom is -0.325 e. The second kappa shape index (κ2) is 3.74. The summed E-state index contributed by atoms with van der Waals surface area (Å²) in [6, 6.07) is 0.381. The number of nitrogens with one attached hydrogen (secondary N) is 1. The summed E-state index contributed by atoms with van der Waals surface area (Å²) in [4.78, 5) is 33.2. The lowest BCUT2D eigenvalue weighted by molar-refractivity contribution is 0.870. The van der Waals surface area contributed by atoms with Gasteiger partial charge < -0.3 is 4.57 Å². The first-order chi connectivity index (χ1) is 9.82. The third kappa shape index (κ3) is 1.64. The maximum atomic E-state index is 11.9. The van der Waals surface area contributed by atoms with Crippen molar-refractivity contribution >= 4 is 11.0 Å². The minimum atomic E-state index is -0.759. The van der Waals surface area contributed by atoms with E-state index in [2.05, 4.69) is 15.0 Å². The van der Waals surface area contributed by atoms with E-state index in [1.165, 1.54) is 4.57 Å². The highest BCUT2D eigenvalue weighted by atomic mass is 16.2. The van der Waals surface area contributed by atoms with Crippen LogP contribution in [-0.2, 0) is 7.05 Å². The Kier molecular flexibility index (Phi) is 1.86. The first-order valence-electron chi connectivity index (χ1n) is 6.70. The molecule has 6 nitrogen and oxygen atoms in total. The van der Waals surface area contributed by atoms with Gasteiger partial charge in [-0.1, -0.05) is 0 Å². The van der Waals surface area contributed by atoms with Gasteiger partial charge in [0.25, 0.3) is 5.56 Å². The predicted octanol–water partition coefficient (Wildman–Crippen LogP) is 0.738. The first kappa shape index (κ1) is 9.43. The number of H-pyrrole nitrogens is 1. The quantitative estimate of drug-likeness (QED) is 0.603. The minimum absolute atomic E-state index is 0.0132. The number of hydrogen-bond donors (Lipinski definition) is 1. The van der Waals surface area contributed by atoms with Crippen molar-refractivity contribution in [1.82, 2.24) is 19.5 Å². The van der Waals surface area contributed by atoms with Gasteiger partial charge in [-0.2, -0.15) is 4.98 Å². The molecule has 96 valence electrons. The average Bonchev–Trinajstić information content (AvgIpc) is 2.43. The van der Waals surface area contributed by atoms with Crippen LogP contribution in [0.2, 0.25) is 0 Å². The van der Waals surface area contributed by atoms with Gasteiger partial charge >= 0.3 is 5.69 Å². The summed E-state index contributed by atoms with van der Waals surface area (Å²) in [6.45, 7) is 3.49. The maximum absolute atomic E-state index is 11.9. The predicted molar refractivity (Wildman–Crippen MR) is 71.5 cm³/mol. The lowest BCUT2D eigenvalue weighted by Crippen LogP contribution is -2.28. The molecule has 0 atom stereocenters. The third-order valence-corrected chi connectivity index (χ3v) is 3.13. The zero-order valence-corrected chi connectivity index (χ0v) is 10.7. The van der Waals surface area contributed by atoms with E-state index < -0.39 is 11.2 Å². The molecule has 0 unspecified atom stereocenters. The van der Waals surface area contributed by atoms with Crippen LogP contribution >= 0.6 is 0 Å². The number of aromatic amines is 1. The van der Waals surface area contributed by atoms with Crippen molar-refractivity contribution in [1.29, 1.82) is 0 Å². The molecule has 1 aromatic rings. The first-order valence-corrected chi connectivity index (χ1v) is 5.70. The molecule has 0 spiro atoms. The molecule has 0 aliphatic carbocycles. The Morgan fingerprint density at radius 1 is 1.21 bits per heavy atom. The molecule has 0 amide bonds. The fourth-order valence-corrected chi connectivity index (χ4v) is 1.97. The van der Waals surface area contributed by atoms with Crippen molar-refractivity contribution in [3.8, 4) is 11.5 Å². The number of benzene rings is 1. The summed E-state index contributed by atoms with van der Waals surface area (Å²) in [7, 11) is 1.60. The van der Waals surface area contributed by atoms with Gasteiger partial charge in [0.1, 0.15) is 0 Å². The molecule has 1 N–H and O–H groups in total. The third-order valence-electron chi connectivity index (χ3n) is 3.13. The van der Waals surface area contributed by atoms with Gasteiger partial charge in [-0.25, -0.2) is 9.78 Å². The Balaban J connectivity index is 2.71. The Labute approximate surface area is 110 Å². The molecule has 0 saturated carbocycles. The van der Waals surface area contributed by atoms with Gasteiger partial charge in [0.05, 0.1) is 13.8 Å². The lowest BCUT2D eigenvalue weighted by atomic mass is 10.1. The van der Waals surface area contributed by atoms with E-state index in [0.29, 0.717) is 16.6 Å². The van der Waals surface area contributed by atoms with Crippen LogP contribution in [-0.4, -0.2) is 19.5 Å². The molecule has 0 bridgehead atoms. The van der Waals surface area contributed by atoms with Gasteiger partial charge in [-0.3, -0.25) is 9.78 Å². The van der Waals surface area contributed by atoms with Gasteiger partial charge in [0, 0.05) is 7.05 Å². The van der Waals surface area contributed by atoms with Crippen LogP contribution in [0, 0.1) is 13.8 Å². The largest absolute Gasteiger partial charge is 0.349 e. The number of fused-ring (bicyclic) bond motifs is 2. The van der Waals surface area contributed by atoms with Crippen molar-refractivity contribution in [2.24, 2.45) is 7.05 Å². The smallest absolute Gasteiger partial charge is 0.325 e. The monoisotopic (exact) mass is 258 g/mol. The number of rotatable bonds is 0. The maximum Gasteiger partial charge on any atom is 0.349 e. The molecular weight excluding hydrogens is 244 g/mol. The van der Waals surface area contributed by atoms with Crippen molar-refractivity contribution in [2.75, 3.05) is 0 Å². The fraction of sp³-hybridized carbons (Fsp3) is 0.231. The van der Waals surface area contributed by atoms with Crippen LogP contribution in [0.5, 0.6) is 0 Å². The number of aryl methyl sites for hydroxylation is 1. The van der Waals surface area contributed by atoms with E-state index in [9.17, 15) is 9.59 Å². The molecule has 0 fully saturated rings. The van der Waals surface area contributed by atoms with Crippen LogP contribution in [0.1, 0.15) is 13.9 Å². The summed E-state index contributed by atoms with van der Waals surface area (Å²) in [5, 5.41) is 0. The number of aromatic nitrogens is 4. The molecule has 6 heteroatoms. The van der Waals surface area contributed by atoms with Gasteiger partial charge in [0.2, 0.25) is 0 Å². The summed E-state index contributed by atoms with van der Waals surface area (Å²) in [6.07, 6.45) is 0. The standard InChI is InChI=1S/C13H12N4O2/c1-6-4-8-9(5-7(6)2)17(3)11-10(14-8)12(18)16-13(19)15-11/h4-5H,1-3H3,(H,16,18,19)/i4D,5D. The number of hydrogen-bond acceptors (Lipinski definition) is 4. The Morgan fingerprint density at radius 2 is 1.89 bits per heavy atom. The van der Waals surface area contributed by atoms with Crippen molar-refractivity contribution in [3.05, 3.63) is 44.0 Å². The summed E-state index contributed by atoms with van der Waals surface area (Å²) in [5.74, 6) is 0.104. The lowest BCUT2D eigenvalue weighted by Gasteiger charge is -2.13. The second-order valence-corrected chi connectivity index (χ2v) is 4.41. The molecule has 0 aromatic heterocycles. The number of nitrogens with zero attached hydrogens (tertiary/aromatic N) is 3. The molecule has 0 radical (unpaired) electrons. The zero-order chi connectivity index (χ0) is 15.5. The van der Waals surface area contributed by atoms with E-state index in [0.717, 1.165) is 0 Å². The van der Waals surface area contributed by atoms with Crippen LogP contribution < -0.4 is 11.2 Å². The molecular formula is C13H12N4O2. The van der Waals surface area contributed by atoms with Gasteiger partial charge in [0.15, 0.2) is 11.5 Å². The highest BCUT2D eigenvalue weighted by molar-refractivity contribution is 5.80. The topological polar surface area (TPSA) is 80.6 Å².